The molecule has 2 saturated heterocycles. The summed E-state index contributed by atoms with van der Waals surface area (Å²) in [4.78, 5) is 17.9. The summed E-state index contributed by atoms with van der Waals surface area (Å²) >= 11 is 0. The van der Waals surface area contributed by atoms with E-state index in [1.807, 2.05) is 12.1 Å². The number of hydrogen-bond acceptors (Lipinski definition) is 3. The van der Waals surface area contributed by atoms with E-state index in [1.165, 1.54) is 18.4 Å². The Bertz CT molecular complexity index is 630. The topological polar surface area (TPSA) is 32.8 Å². The molecule has 0 aromatic heterocycles. The van der Waals surface area contributed by atoms with Crippen molar-refractivity contribution >= 4 is 5.91 Å². The quantitative estimate of drug-likeness (QED) is 0.844. The van der Waals surface area contributed by atoms with Gasteiger partial charge in [-0.15, -0.1) is 0 Å². The summed E-state index contributed by atoms with van der Waals surface area (Å²) in [6, 6.07) is 10.0. The fourth-order valence-electron chi connectivity index (χ4n) is 5.15. The Hall–Kier alpha value is -1.55. The van der Waals surface area contributed by atoms with Crippen LogP contribution in [-0.2, 0) is 4.79 Å². The van der Waals surface area contributed by atoms with Crippen molar-refractivity contribution < 1.29 is 9.53 Å². The summed E-state index contributed by atoms with van der Waals surface area (Å²) in [6.07, 6.45) is 5.25. The molecule has 1 aromatic carbocycles. The van der Waals surface area contributed by atoms with Crippen LogP contribution >= 0.6 is 0 Å². The fraction of sp³-hybridized carbons (Fsp3) is 0.667. The van der Waals surface area contributed by atoms with Crippen LogP contribution in [0.3, 0.4) is 0 Å². The Labute approximate surface area is 151 Å². The van der Waals surface area contributed by atoms with E-state index in [-0.39, 0.29) is 0 Å². The van der Waals surface area contributed by atoms with Gasteiger partial charge in [-0.05, 0) is 57.1 Å². The second-order valence-corrected chi connectivity index (χ2v) is 8.13. The maximum Gasteiger partial charge on any atom is 0.223 e. The van der Waals surface area contributed by atoms with Crippen LogP contribution in [-0.4, -0.2) is 53.5 Å². The van der Waals surface area contributed by atoms with Crippen molar-refractivity contribution in [1.82, 2.24) is 9.80 Å². The van der Waals surface area contributed by atoms with E-state index >= 15 is 0 Å². The summed E-state index contributed by atoms with van der Waals surface area (Å²) in [7, 11) is 0. The lowest BCUT2D eigenvalue weighted by atomic mass is 9.89. The smallest absolute Gasteiger partial charge is 0.223 e. The first-order valence-corrected chi connectivity index (χ1v) is 9.90. The molecule has 25 heavy (non-hydrogen) atoms. The van der Waals surface area contributed by atoms with Crippen molar-refractivity contribution in [3.63, 3.8) is 0 Å². The predicted octanol–water partition coefficient (Wildman–Crippen LogP) is 3.42. The van der Waals surface area contributed by atoms with E-state index in [1.54, 1.807) is 0 Å². The second-order valence-electron chi connectivity index (χ2n) is 8.13. The number of para-hydroxylation sites is 1. The van der Waals surface area contributed by atoms with Gasteiger partial charge < -0.3 is 9.64 Å². The highest BCUT2D eigenvalue weighted by Crippen LogP contribution is 2.37. The molecule has 4 rings (SSSR count). The molecule has 3 heterocycles. The molecule has 3 aliphatic heterocycles. The summed E-state index contributed by atoms with van der Waals surface area (Å²) < 4.78 is 5.75. The number of amides is 1. The van der Waals surface area contributed by atoms with Gasteiger partial charge in [0.15, 0.2) is 0 Å². The van der Waals surface area contributed by atoms with E-state index in [0.717, 1.165) is 38.3 Å². The highest BCUT2D eigenvalue weighted by atomic mass is 16.5. The van der Waals surface area contributed by atoms with E-state index in [2.05, 4.69) is 35.8 Å². The first-order chi connectivity index (χ1) is 12.1. The summed E-state index contributed by atoms with van der Waals surface area (Å²) in [6.45, 7) is 7.15. The van der Waals surface area contributed by atoms with Crippen LogP contribution in [0.15, 0.2) is 24.3 Å². The average molecular weight is 342 g/mol. The number of rotatable bonds is 3. The molecule has 0 aliphatic carbocycles. The maximum atomic E-state index is 13.0. The van der Waals surface area contributed by atoms with Crippen molar-refractivity contribution in [1.29, 1.82) is 0 Å². The molecule has 2 bridgehead atoms. The molecule has 1 aromatic rings. The van der Waals surface area contributed by atoms with Crippen molar-refractivity contribution in [2.24, 2.45) is 0 Å². The molecule has 1 amide bonds. The fourth-order valence-corrected chi connectivity index (χ4v) is 5.15. The Kier molecular flexibility index (Phi) is 4.72. The summed E-state index contributed by atoms with van der Waals surface area (Å²) in [5, 5.41) is 0. The molecule has 4 nitrogen and oxygen atoms in total. The summed E-state index contributed by atoms with van der Waals surface area (Å²) in [5.74, 6) is 1.60. The molecule has 4 heteroatoms. The SMILES string of the molecule is CC(C)N1[C@H]2CC[C@H]1CN(C(=O)C[C@H]1CCOc3ccccc31)CC2. The Morgan fingerprint density at radius 1 is 1.16 bits per heavy atom. The number of ether oxygens (including phenoxy) is 1. The molecule has 0 unspecified atom stereocenters. The Morgan fingerprint density at radius 2 is 1.96 bits per heavy atom. The third-order valence-electron chi connectivity index (χ3n) is 6.29. The van der Waals surface area contributed by atoms with Gasteiger partial charge in [-0.2, -0.15) is 0 Å². The van der Waals surface area contributed by atoms with E-state index in [4.69, 9.17) is 4.74 Å². The van der Waals surface area contributed by atoms with Gasteiger partial charge in [0.25, 0.3) is 0 Å². The molecule has 0 radical (unpaired) electrons. The number of benzene rings is 1. The van der Waals surface area contributed by atoms with E-state index < -0.39 is 0 Å². The van der Waals surface area contributed by atoms with Gasteiger partial charge >= 0.3 is 0 Å². The molecular weight excluding hydrogens is 312 g/mol. The van der Waals surface area contributed by atoms with Crippen LogP contribution in [0.4, 0.5) is 0 Å². The highest BCUT2D eigenvalue weighted by molar-refractivity contribution is 5.77. The molecule has 136 valence electrons. The van der Waals surface area contributed by atoms with Crippen LogP contribution in [0.5, 0.6) is 5.75 Å². The number of carbonyl (C=O) groups excluding carboxylic acids is 1. The van der Waals surface area contributed by atoms with E-state index in [0.29, 0.717) is 36.4 Å². The van der Waals surface area contributed by atoms with E-state index in [9.17, 15) is 4.79 Å². The number of nitrogens with zero attached hydrogens (tertiary/aromatic N) is 2. The average Bonchev–Trinajstić information content (AvgIpc) is 2.89. The minimum absolute atomic E-state index is 0.305. The lowest BCUT2D eigenvalue weighted by Gasteiger charge is -2.32. The normalized spacial score (nSPS) is 29.2. The van der Waals surface area contributed by atoms with Gasteiger partial charge in [-0.25, -0.2) is 0 Å². The second kappa shape index (κ2) is 6.99. The lowest BCUT2D eigenvalue weighted by Crippen LogP contribution is -2.44. The summed E-state index contributed by atoms with van der Waals surface area (Å²) in [5.41, 5.74) is 1.21. The van der Waals surface area contributed by atoms with Gasteiger partial charge in [-0.3, -0.25) is 9.69 Å². The molecule has 3 atom stereocenters. The third-order valence-corrected chi connectivity index (χ3v) is 6.29. The van der Waals surface area contributed by atoms with Crippen molar-refractivity contribution in [2.75, 3.05) is 19.7 Å². The standard InChI is InChI=1S/C21H30N2O2/c1-15(2)23-17-7-8-18(23)14-22(11-9-17)21(24)13-16-10-12-25-20-6-4-3-5-19(16)20/h3-6,15-18H,7-14H2,1-2H3/t16-,17+,18+/m1/s1. The molecule has 0 saturated carbocycles. The van der Waals surface area contributed by atoms with Gasteiger partial charge in [0, 0.05) is 37.6 Å². The van der Waals surface area contributed by atoms with Crippen molar-refractivity contribution in [3.8, 4) is 5.75 Å². The highest BCUT2D eigenvalue weighted by Gasteiger charge is 2.39. The van der Waals surface area contributed by atoms with Crippen LogP contribution in [0, 0.1) is 0 Å². The zero-order valence-electron chi connectivity index (χ0n) is 15.5. The van der Waals surface area contributed by atoms with Crippen LogP contribution in [0.1, 0.15) is 57.4 Å². The number of hydrogen-bond donors (Lipinski definition) is 0. The minimum atomic E-state index is 0.305. The monoisotopic (exact) mass is 342 g/mol. The van der Waals surface area contributed by atoms with Gasteiger partial charge in [0.1, 0.15) is 5.75 Å². The molecular formula is C21H30N2O2. The number of fused-ring (bicyclic) bond motifs is 3. The zero-order valence-corrected chi connectivity index (χ0v) is 15.5. The first kappa shape index (κ1) is 16.9. The van der Waals surface area contributed by atoms with Crippen LogP contribution in [0.25, 0.3) is 0 Å². The third kappa shape index (κ3) is 3.29. The van der Waals surface area contributed by atoms with Crippen molar-refractivity contribution in [3.05, 3.63) is 29.8 Å². The molecule has 2 fully saturated rings. The van der Waals surface area contributed by atoms with Gasteiger partial charge in [0.2, 0.25) is 5.91 Å². The Morgan fingerprint density at radius 3 is 2.80 bits per heavy atom. The van der Waals surface area contributed by atoms with Gasteiger partial charge in [0.05, 0.1) is 6.61 Å². The largest absolute Gasteiger partial charge is 0.493 e. The number of likely N-dealkylation sites (tertiary alicyclic amines) is 1. The first-order valence-electron chi connectivity index (χ1n) is 9.90. The molecule has 3 aliphatic rings. The minimum Gasteiger partial charge on any atom is -0.493 e. The Balaban J connectivity index is 1.44. The predicted molar refractivity (Wildman–Crippen MR) is 98.9 cm³/mol. The van der Waals surface area contributed by atoms with Crippen LogP contribution < -0.4 is 4.74 Å². The lowest BCUT2D eigenvalue weighted by molar-refractivity contribution is -0.132. The maximum absolute atomic E-state index is 13.0. The molecule has 0 N–H and O–H groups in total. The molecule has 0 spiro atoms. The zero-order chi connectivity index (χ0) is 17.4. The van der Waals surface area contributed by atoms with Gasteiger partial charge in [-0.1, -0.05) is 18.2 Å². The van der Waals surface area contributed by atoms with Crippen LogP contribution in [0.2, 0.25) is 0 Å². The number of carbonyl (C=O) groups is 1. The van der Waals surface area contributed by atoms with Crippen molar-refractivity contribution in [2.45, 2.75) is 70.0 Å².